The van der Waals surface area contributed by atoms with Crippen molar-refractivity contribution < 1.29 is 14.6 Å². The minimum atomic E-state index is -0.584. The number of rotatable bonds is 11. The van der Waals surface area contributed by atoms with Gasteiger partial charge in [-0.15, -0.1) is 0 Å². The second-order valence-corrected chi connectivity index (χ2v) is 8.62. The molecule has 0 aliphatic rings. The Balaban J connectivity index is 1.79. The van der Waals surface area contributed by atoms with Crippen LogP contribution in [-0.2, 0) is 12.8 Å². The zero-order chi connectivity index (χ0) is 18.8. The maximum Gasteiger partial charge on any atom is 0.161 e. The van der Waals surface area contributed by atoms with Crippen LogP contribution in [0.25, 0.3) is 0 Å². The van der Waals surface area contributed by atoms with E-state index in [2.05, 4.69) is 46.9 Å². The second-order valence-electron chi connectivity index (χ2n) is 6.47. The highest BCUT2D eigenvalue weighted by molar-refractivity contribution is 14.1. The molecule has 2 rings (SSSR count). The zero-order valence-corrected chi connectivity index (χ0v) is 17.4. The predicted molar refractivity (Wildman–Crippen MR) is 114 cm³/mol. The summed E-state index contributed by atoms with van der Waals surface area (Å²) in [5.41, 5.74) is 8.47. The molecule has 0 aromatic heterocycles. The van der Waals surface area contributed by atoms with Crippen LogP contribution in [0.15, 0.2) is 48.5 Å². The normalized spacial score (nSPS) is 13.2. The standard InChI is InChI=1S/C21H28INO3/c1-25-20-15-18(12-13-21(22,23)16-24)10-11-19(20)26-14-6-5-9-17-7-3-2-4-8-17/h2-4,7-8,10-11,15,24H,5-6,9,12-14,16,23H2,1H3/t21-/m1/s1. The van der Waals surface area contributed by atoms with Gasteiger partial charge >= 0.3 is 0 Å². The molecule has 5 heteroatoms. The van der Waals surface area contributed by atoms with E-state index in [0.717, 1.165) is 42.7 Å². The van der Waals surface area contributed by atoms with Crippen LogP contribution in [0.4, 0.5) is 0 Å². The van der Waals surface area contributed by atoms with Gasteiger partial charge in [0.25, 0.3) is 0 Å². The first-order valence-corrected chi connectivity index (χ1v) is 10.0. The van der Waals surface area contributed by atoms with E-state index in [1.807, 2.05) is 24.3 Å². The molecule has 0 saturated heterocycles. The Labute approximate surface area is 169 Å². The van der Waals surface area contributed by atoms with Crippen LogP contribution in [0.5, 0.6) is 11.5 Å². The van der Waals surface area contributed by atoms with Crippen LogP contribution in [0.3, 0.4) is 0 Å². The van der Waals surface area contributed by atoms with Gasteiger partial charge in [-0.2, -0.15) is 0 Å². The number of alkyl halides is 1. The minimum absolute atomic E-state index is 0.0329. The molecular formula is C21H28INO3. The lowest BCUT2D eigenvalue weighted by atomic mass is 10.1. The summed E-state index contributed by atoms with van der Waals surface area (Å²) < 4.78 is 10.8. The van der Waals surface area contributed by atoms with Crippen LogP contribution in [0, 0.1) is 0 Å². The average molecular weight is 469 g/mol. The van der Waals surface area contributed by atoms with E-state index < -0.39 is 3.55 Å². The molecule has 0 saturated carbocycles. The third-order valence-electron chi connectivity index (χ3n) is 4.28. The van der Waals surface area contributed by atoms with E-state index in [9.17, 15) is 5.11 Å². The lowest BCUT2D eigenvalue weighted by Gasteiger charge is -2.19. The molecule has 0 heterocycles. The number of hydrogen-bond acceptors (Lipinski definition) is 4. The summed E-state index contributed by atoms with van der Waals surface area (Å²) in [6, 6.07) is 16.5. The molecule has 0 amide bonds. The van der Waals surface area contributed by atoms with E-state index in [1.165, 1.54) is 5.56 Å². The topological polar surface area (TPSA) is 64.7 Å². The van der Waals surface area contributed by atoms with Crippen molar-refractivity contribution in [1.29, 1.82) is 0 Å². The number of halogens is 1. The third-order valence-corrected chi connectivity index (χ3v) is 5.16. The first kappa shape index (κ1) is 21.0. The zero-order valence-electron chi connectivity index (χ0n) is 15.3. The molecule has 0 aliphatic carbocycles. The number of methoxy groups -OCH3 is 1. The molecule has 0 fully saturated rings. The Kier molecular flexibility index (Phi) is 8.68. The van der Waals surface area contributed by atoms with Crippen LogP contribution in [-0.4, -0.2) is 29.0 Å². The van der Waals surface area contributed by atoms with Crippen molar-refractivity contribution in [3.05, 3.63) is 59.7 Å². The molecule has 4 nitrogen and oxygen atoms in total. The Hall–Kier alpha value is -1.31. The van der Waals surface area contributed by atoms with Crippen molar-refractivity contribution in [2.75, 3.05) is 20.3 Å². The highest BCUT2D eigenvalue weighted by Crippen LogP contribution is 2.29. The lowest BCUT2D eigenvalue weighted by molar-refractivity contribution is 0.252. The molecule has 1 atom stereocenters. The van der Waals surface area contributed by atoms with Crippen molar-refractivity contribution in [2.45, 2.75) is 35.6 Å². The largest absolute Gasteiger partial charge is 0.493 e. The first-order valence-electron chi connectivity index (χ1n) is 8.96. The molecule has 2 aromatic rings. The summed E-state index contributed by atoms with van der Waals surface area (Å²) in [5.74, 6) is 1.51. The summed E-state index contributed by atoms with van der Waals surface area (Å²) in [5, 5.41) is 9.25. The fourth-order valence-electron chi connectivity index (χ4n) is 2.68. The van der Waals surface area contributed by atoms with Crippen molar-refractivity contribution in [1.82, 2.24) is 0 Å². The van der Waals surface area contributed by atoms with E-state index in [4.69, 9.17) is 15.2 Å². The van der Waals surface area contributed by atoms with Gasteiger partial charge in [-0.05, 0) is 55.4 Å². The summed E-state index contributed by atoms with van der Waals surface area (Å²) in [6.45, 7) is 0.640. The molecule has 0 spiro atoms. The second kappa shape index (κ2) is 10.7. The van der Waals surface area contributed by atoms with Crippen molar-refractivity contribution in [2.24, 2.45) is 5.73 Å². The number of aliphatic hydroxyl groups is 1. The van der Waals surface area contributed by atoms with E-state index in [-0.39, 0.29) is 6.61 Å². The Morgan fingerprint density at radius 3 is 2.46 bits per heavy atom. The van der Waals surface area contributed by atoms with Gasteiger partial charge in [0, 0.05) is 0 Å². The van der Waals surface area contributed by atoms with E-state index >= 15 is 0 Å². The predicted octanol–water partition coefficient (Wildman–Crippen LogP) is 4.11. The van der Waals surface area contributed by atoms with Crippen LogP contribution in [0.2, 0.25) is 0 Å². The number of aliphatic hydroxyl groups excluding tert-OH is 1. The highest BCUT2D eigenvalue weighted by atomic mass is 127. The maximum atomic E-state index is 9.25. The minimum Gasteiger partial charge on any atom is -0.493 e. The number of ether oxygens (including phenoxy) is 2. The van der Waals surface area contributed by atoms with Gasteiger partial charge in [-0.1, -0.05) is 59.0 Å². The molecule has 0 bridgehead atoms. The smallest absolute Gasteiger partial charge is 0.161 e. The Morgan fingerprint density at radius 1 is 1.00 bits per heavy atom. The van der Waals surface area contributed by atoms with Crippen molar-refractivity contribution in [3.63, 3.8) is 0 Å². The molecule has 0 radical (unpaired) electrons. The summed E-state index contributed by atoms with van der Waals surface area (Å²) in [4.78, 5) is 0. The number of aryl methyl sites for hydroxylation is 2. The van der Waals surface area contributed by atoms with E-state index in [1.54, 1.807) is 7.11 Å². The molecule has 26 heavy (non-hydrogen) atoms. The molecule has 2 aromatic carbocycles. The van der Waals surface area contributed by atoms with Crippen LogP contribution < -0.4 is 15.2 Å². The number of unbranched alkanes of at least 4 members (excludes halogenated alkanes) is 1. The molecule has 0 unspecified atom stereocenters. The number of hydrogen-bond donors (Lipinski definition) is 2. The fraction of sp³-hybridized carbons (Fsp3) is 0.429. The Bertz CT molecular complexity index is 662. The third kappa shape index (κ3) is 7.13. The number of nitrogens with two attached hydrogens (primary N) is 1. The lowest BCUT2D eigenvalue weighted by Crippen LogP contribution is -2.36. The van der Waals surface area contributed by atoms with Crippen LogP contribution >= 0.6 is 22.6 Å². The van der Waals surface area contributed by atoms with Gasteiger partial charge < -0.3 is 20.3 Å². The van der Waals surface area contributed by atoms with Gasteiger partial charge in [0.15, 0.2) is 11.5 Å². The van der Waals surface area contributed by atoms with Crippen molar-refractivity contribution in [3.8, 4) is 11.5 Å². The maximum absolute atomic E-state index is 9.25. The molecule has 142 valence electrons. The average Bonchev–Trinajstić information content (AvgIpc) is 2.67. The summed E-state index contributed by atoms with van der Waals surface area (Å²) in [6.07, 6.45) is 4.66. The van der Waals surface area contributed by atoms with Gasteiger partial charge in [0.2, 0.25) is 0 Å². The highest BCUT2D eigenvalue weighted by Gasteiger charge is 2.19. The van der Waals surface area contributed by atoms with Crippen LogP contribution in [0.1, 0.15) is 30.4 Å². The molecular weight excluding hydrogens is 441 g/mol. The SMILES string of the molecule is COc1cc(CC[C@](N)(I)CO)ccc1OCCCCc1ccccc1. The number of benzene rings is 2. The van der Waals surface area contributed by atoms with Gasteiger partial charge in [-0.3, -0.25) is 0 Å². The van der Waals surface area contributed by atoms with Crippen molar-refractivity contribution >= 4 is 22.6 Å². The van der Waals surface area contributed by atoms with Gasteiger partial charge in [0.05, 0.1) is 23.9 Å². The summed E-state index contributed by atoms with van der Waals surface area (Å²) >= 11 is 2.09. The monoisotopic (exact) mass is 469 g/mol. The van der Waals surface area contributed by atoms with E-state index in [0.29, 0.717) is 13.0 Å². The van der Waals surface area contributed by atoms with Gasteiger partial charge in [-0.25, -0.2) is 0 Å². The molecule has 0 aliphatic heterocycles. The molecule has 3 N–H and O–H groups in total. The Morgan fingerprint density at radius 2 is 1.77 bits per heavy atom. The van der Waals surface area contributed by atoms with Gasteiger partial charge in [0.1, 0.15) is 0 Å². The first-order chi connectivity index (χ1) is 12.5. The quantitative estimate of drug-likeness (QED) is 0.225. The summed E-state index contributed by atoms with van der Waals surface area (Å²) in [7, 11) is 1.65. The fourth-order valence-corrected chi connectivity index (χ4v) is 2.95.